The largest absolute Gasteiger partial charge is 0.493 e. The normalized spacial score (nSPS) is 20.0. The zero-order chi connectivity index (χ0) is 67.2. The zero-order valence-corrected chi connectivity index (χ0v) is 53.1. The van der Waals surface area contributed by atoms with Gasteiger partial charge in [0.15, 0.2) is 41.7 Å². The lowest BCUT2D eigenvalue weighted by molar-refractivity contribution is -0.195. The SMILES string of the molecule is C=CCOC(=O)N[C@H](C(=O)N[C@@H](C)C(=O)Nc1ccc(COC(=O)N2c3cc(OCc4cc(C(=O)O)cc(COc5cc6c(cc5OC)C(=O)N5CC(=C)C[C@H]5[C@H](OC5CCCCO5)N6C(=O)OC(C)(C)C)n4)c(OC)cc3C(=O)N3CC(=C)C[C@H]3[C@@H]2O)cc1)C(C)C. The summed E-state index contributed by atoms with van der Waals surface area (Å²) in [6.45, 7) is 21.3. The number of methoxy groups -OCH3 is 2. The number of aromatic nitrogens is 1. The number of carbonyl (C=O) groups is 8. The number of ether oxygens (including phenoxy) is 9. The smallest absolute Gasteiger partial charge is 0.417 e. The number of carbonyl (C=O) groups excluding carboxylic acids is 7. The number of carboxylic acid groups (broad SMARTS) is 1. The van der Waals surface area contributed by atoms with E-state index in [1.807, 2.05) is 0 Å². The van der Waals surface area contributed by atoms with Gasteiger partial charge in [-0.25, -0.2) is 29.0 Å². The fourth-order valence-electron chi connectivity index (χ4n) is 11.4. The second kappa shape index (κ2) is 28.8. The van der Waals surface area contributed by atoms with Crippen LogP contribution in [0.15, 0.2) is 97.6 Å². The molecule has 496 valence electrons. The van der Waals surface area contributed by atoms with Crippen LogP contribution in [0.25, 0.3) is 0 Å². The number of nitrogens with one attached hydrogen (secondary N) is 3. The lowest BCUT2D eigenvalue weighted by Gasteiger charge is -2.39. The Kier molecular flexibility index (Phi) is 21.0. The molecule has 27 nitrogen and oxygen atoms in total. The second-order valence-electron chi connectivity index (χ2n) is 24.4. The van der Waals surface area contributed by atoms with Crippen LogP contribution in [0.5, 0.6) is 23.0 Å². The number of aliphatic hydroxyl groups excluding tert-OH is 1. The summed E-state index contributed by atoms with van der Waals surface area (Å²) in [5.41, 5.74) is 1.24. The molecule has 3 saturated heterocycles. The number of aliphatic hydroxyl groups is 1. The van der Waals surface area contributed by atoms with Crippen molar-refractivity contribution in [1.29, 1.82) is 0 Å². The summed E-state index contributed by atoms with van der Waals surface area (Å²) in [5.74, 6) is -3.68. The minimum atomic E-state index is -1.67. The van der Waals surface area contributed by atoms with Crippen molar-refractivity contribution in [3.8, 4) is 23.0 Å². The standard InChI is InChI=1S/C66H78N8O19/c1-12-20-88-63(82)70-55(35(2)3)57(76)67-38(6)56(75)69-41-18-16-39(17-19-41)32-91-64(83)73-46-28-52(50(85-10)26-44(46)58(77)71-30-36(4)22-48(71)60(73)79)89-33-42-24-40(62(80)81)25-43(68-42)34-90-53-29-47-45(27-51(53)86-11)59(78)72-31-37(5)23-49(72)61(92-54-15-13-14-21-87-54)74(47)65(84)93-66(7,8)9/h12,16-19,24-29,35,38,48-49,54-55,60-61,79H,1,4-5,13-15,20-23,30-34H2,2-3,6-11H3,(H,67,76)(H,69,75)(H,70,82)(H,80,81)/t38-,48-,49-,54?,55-,60-,61-/m0/s1. The minimum absolute atomic E-state index is 0.0278. The van der Waals surface area contributed by atoms with Crippen LogP contribution in [0.2, 0.25) is 0 Å². The van der Waals surface area contributed by atoms with E-state index in [9.17, 15) is 48.6 Å². The van der Waals surface area contributed by atoms with E-state index in [0.29, 0.717) is 36.3 Å². The third-order valence-corrected chi connectivity index (χ3v) is 15.9. The van der Waals surface area contributed by atoms with Crippen molar-refractivity contribution in [3.63, 3.8) is 0 Å². The molecule has 7 atom stereocenters. The van der Waals surface area contributed by atoms with Gasteiger partial charge in [0.2, 0.25) is 11.8 Å². The summed E-state index contributed by atoms with van der Waals surface area (Å²) >= 11 is 0. The zero-order valence-electron chi connectivity index (χ0n) is 53.1. The highest BCUT2D eigenvalue weighted by Gasteiger charge is 2.50. The molecule has 9 rings (SSSR count). The Hall–Kier alpha value is -9.73. The maximum atomic E-state index is 14.6. The number of nitrogens with zero attached hydrogens (tertiary/aromatic N) is 5. The van der Waals surface area contributed by atoms with Crippen LogP contribution in [-0.4, -0.2) is 162 Å². The summed E-state index contributed by atoms with van der Waals surface area (Å²) in [7, 11) is 2.71. The molecule has 4 aromatic rings. The van der Waals surface area contributed by atoms with E-state index in [0.717, 1.165) is 23.3 Å². The first-order chi connectivity index (χ1) is 44.2. The van der Waals surface area contributed by atoms with Crippen molar-refractivity contribution in [3.05, 3.63) is 131 Å². The van der Waals surface area contributed by atoms with Crippen LogP contribution in [-0.2, 0) is 53.1 Å². The molecule has 1 aromatic heterocycles. The summed E-state index contributed by atoms with van der Waals surface area (Å²) in [6.07, 6.45) is -2.05. The highest BCUT2D eigenvalue weighted by molar-refractivity contribution is 6.07. The number of pyridine rings is 1. The molecule has 0 saturated carbocycles. The van der Waals surface area contributed by atoms with E-state index < -0.39 is 103 Å². The number of fused-ring (bicyclic) bond motifs is 4. The molecule has 5 aliphatic rings. The third kappa shape index (κ3) is 15.6. The molecule has 93 heavy (non-hydrogen) atoms. The molecule has 5 N–H and O–H groups in total. The van der Waals surface area contributed by atoms with Gasteiger partial charge >= 0.3 is 24.2 Å². The Bertz CT molecular complexity index is 3580. The number of benzene rings is 3. The number of hydrogen-bond acceptors (Lipinski definition) is 19. The van der Waals surface area contributed by atoms with Crippen LogP contribution in [0.4, 0.5) is 31.4 Å². The predicted octanol–water partition coefficient (Wildman–Crippen LogP) is 7.98. The van der Waals surface area contributed by atoms with Crippen LogP contribution in [0.3, 0.4) is 0 Å². The summed E-state index contributed by atoms with van der Waals surface area (Å²) in [6, 6.07) is 10.8. The van der Waals surface area contributed by atoms with Gasteiger partial charge in [-0.1, -0.05) is 62.9 Å². The van der Waals surface area contributed by atoms with Crippen LogP contribution in [0.1, 0.15) is 122 Å². The fraction of sp³-hybridized carbons (Fsp3) is 0.439. The van der Waals surface area contributed by atoms with E-state index in [4.69, 9.17) is 42.6 Å². The number of anilines is 3. The van der Waals surface area contributed by atoms with Gasteiger partial charge in [0.05, 0.1) is 65.8 Å². The molecule has 5 aliphatic heterocycles. The summed E-state index contributed by atoms with van der Waals surface area (Å²) in [4.78, 5) is 119. The molecule has 27 heteroatoms. The summed E-state index contributed by atoms with van der Waals surface area (Å²) < 4.78 is 53.5. The first kappa shape index (κ1) is 67.7. The maximum Gasteiger partial charge on any atom is 0.417 e. The first-order valence-electron chi connectivity index (χ1n) is 30.3. The second-order valence-corrected chi connectivity index (χ2v) is 24.4. The highest BCUT2D eigenvalue weighted by Crippen LogP contribution is 2.45. The lowest BCUT2D eigenvalue weighted by atomic mass is 10.0. The topological polar surface area (TPSA) is 322 Å². The first-order valence-corrected chi connectivity index (χ1v) is 30.3. The molecule has 6 heterocycles. The number of alkyl carbamates (subject to hydrolysis) is 1. The Morgan fingerprint density at radius 2 is 1.32 bits per heavy atom. The molecule has 0 bridgehead atoms. The molecule has 0 radical (unpaired) electrons. The molecule has 3 fully saturated rings. The van der Waals surface area contributed by atoms with Gasteiger partial charge in [-0.3, -0.25) is 24.2 Å². The Morgan fingerprint density at radius 3 is 1.86 bits per heavy atom. The van der Waals surface area contributed by atoms with Crippen molar-refractivity contribution < 1.29 is 91.2 Å². The van der Waals surface area contributed by atoms with Gasteiger partial charge in [-0.2, -0.15) is 0 Å². The molecular formula is C66H78N8O19. The van der Waals surface area contributed by atoms with Gasteiger partial charge in [0.25, 0.3) is 11.8 Å². The van der Waals surface area contributed by atoms with Crippen LogP contribution < -0.4 is 44.7 Å². The molecule has 0 aliphatic carbocycles. The van der Waals surface area contributed by atoms with Crippen molar-refractivity contribution >= 4 is 64.9 Å². The Labute approximate surface area is 537 Å². The van der Waals surface area contributed by atoms with Gasteiger partial charge in [-0.05, 0) is 108 Å². The number of amides is 7. The molecular weight excluding hydrogens is 1210 g/mol. The van der Waals surface area contributed by atoms with Gasteiger partial charge in [0.1, 0.15) is 44.1 Å². The van der Waals surface area contributed by atoms with E-state index in [1.54, 1.807) is 63.8 Å². The predicted molar refractivity (Wildman–Crippen MR) is 335 cm³/mol. The van der Waals surface area contributed by atoms with Crippen molar-refractivity contribution in [2.75, 3.05) is 55.6 Å². The monoisotopic (exact) mass is 1290 g/mol. The number of hydrogen-bond donors (Lipinski definition) is 5. The summed E-state index contributed by atoms with van der Waals surface area (Å²) in [5, 5.41) is 30.3. The average Bonchev–Trinajstić information content (AvgIpc) is 1.63. The van der Waals surface area contributed by atoms with Crippen LogP contribution >= 0.6 is 0 Å². The Morgan fingerprint density at radius 1 is 0.742 bits per heavy atom. The number of rotatable bonds is 21. The van der Waals surface area contributed by atoms with Gasteiger partial charge in [0, 0.05) is 37.5 Å². The van der Waals surface area contributed by atoms with Crippen molar-refractivity contribution in [2.45, 2.75) is 142 Å². The van der Waals surface area contributed by atoms with Gasteiger partial charge < -0.3 is 78.6 Å². The fourth-order valence-corrected chi connectivity index (χ4v) is 11.4. The maximum absolute atomic E-state index is 14.6. The van der Waals surface area contributed by atoms with E-state index in [2.05, 4.69) is 40.7 Å². The molecule has 3 aromatic carbocycles. The highest BCUT2D eigenvalue weighted by atomic mass is 16.7. The Balaban J connectivity index is 0.938. The van der Waals surface area contributed by atoms with Gasteiger partial charge in [-0.15, -0.1) is 0 Å². The van der Waals surface area contributed by atoms with E-state index in [-0.39, 0.29) is 108 Å². The van der Waals surface area contributed by atoms with E-state index in [1.165, 1.54) is 73.4 Å². The average molecular weight is 1290 g/mol. The lowest BCUT2D eigenvalue weighted by Crippen LogP contribution is -2.54. The molecule has 0 spiro atoms. The van der Waals surface area contributed by atoms with E-state index >= 15 is 0 Å². The number of carboxylic acids is 1. The third-order valence-electron chi connectivity index (χ3n) is 15.9. The van der Waals surface area contributed by atoms with Crippen molar-refractivity contribution in [2.24, 2.45) is 5.92 Å². The quantitative estimate of drug-likeness (QED) is 0.0390. The molecule has 7 amide bonds. The van der Waals surface area contributed by atoms with Crippen molar-refractivity contribution in [1.82, 2.24) is 25.4 Å². The minimum Gasteiger partial charge on any atom is -0.493 e. The van der Waals surface area contributed by atoms with Crippen LogP contribution in [0, 0.1) is 5.92 Å². The molecule has 1 unspecified atom stereocenters. The number of aromatic carboxylic acids is 1.